The van der Waals surface area contributed by atoms with Crippen molar-refractivity contribution >= 4 is 44.6 Å². The predicted octanol–water partition coefficient (Wildman–Crippen LogP) is 5.13. The molecule has 3 rings (SSSR count). The van der Waals surface area contributed by atoms with Crippen molar-refractivity contribution in [1.29, 1.82) is 0 Å². The summed E-state index contributed by atoms with van der Waals surface area (Å²) >= 11 is 11.0. The number of aryl methyl sites for hydroxylation is 1. The molecule has 0 aliphatic carbocycles. The Morgan fingerprint density at radius 1 is 1.38 bits per heavy atom. The van der Waals surface area contributed by atoms with E-state index < -0.39 is 0 Å². The molecule has 21 heavy (non-hydrogen) atoms. The molecule has 0 saturated carbocycles. The predicted molar refractivity (Wildman–Crippen MR) is 88.8 cm³/mol. The van der Waals surface area contributed by atoms with E-state index in [1.54, 1.807) is 11.3 Å². The van der Waals surface area contributed by atoms with Crippen LogP contribution < -0.4 is 5.32 Å². The molecular weight excluding hydrogens is 374 g/mol. The monoisotopic (exact) mass is 383 g/mol. The zero-order valence-corrected chi connectivity index (χ0v) is 14.2. The first kappa shape index (κ1) is 14.6. The van der Waals surface area contributed by atoms with Gasteiger partial charge in [0.05, 0.1) is 0 Å². The molecule has 0 amide bonds. The number of thiophene rings is 1. The molecular formula is C14H11BrClN3OS. The number of hydrogen-bond acceptors (Lipinski definition) is 5. The van der Waals surface area contributed by atoms with Gasteiger partial charge in [0, 0.05) is 27.1 Å². The number of halogens is 2. The maximum absolute atomic E-state index is 6.04. The van der Waals surface area contributed by atoms with Crippen LogP contribution >= 0.6 is 38.9 Å². The highest BCUT2D eigenvalue weighted by Gasteiger charge is 2.08. The summed E-state index contributed by atoms with van der Waals surface area (Å²) in [5.41, 5.74) is 3.10. The Balaban J connectivity index is 1.74. The van der Waals surface area contributed by atoms with Crippen molar-refractivity contribution in [2.75, 3.05) is 5.32 Å². The summed E-state index contributed by atoms with van der Waals surface area (Å²) in [5.74, 6) is 0.526. The Hall–Kier alpha value is -1.37. The van der Waals surface area contributed by atoms with E-state index >= 15 is 0 Å². The summed E-state index contributed by atoms with van der Waals surface area (Å²) in [6, 6.07) is 8.02. The summed E-state index contributed by atoms with van der Waals surface area (Å²) in [6.07, 6.45) is 1.33. The summed E-state index contributed by atoms with van der Waals surface area (Å²) < 4.78 is 6.91. The second-order valence-electron chi connectivity index (χ2n) is 4.46. The highest BCUT2D eigenvalue weighted by molar-refractivity contribution is 9.10. The van der Waals surface area contributed by atoms with Gasteiger partial charge >= 0.3 is 0 Å². The fourth-order valence-corrected chi connectivity index (χ4v) is 3.68. The van der Waals surface area contributed by atoms with E-state index in [0.717, 1.165) is 32.2 Å². The van der Waals surface area contributed by atoms with Crippen molar-refractivity contribution in [3.05, 3.63) is 49.9 Å². The molecule has 1 aromatic carbocycles. The Bertz CT molecular complexity index is 738. The van der Waals surface area contributed by atoms with Gasteiger partial charge in [0.1, 0.15) is 4.34 Å². The maximum Gasteiger partial charge on any atom is 0.247 e. The number of nitrogens with one attached hydrogen (secondary N) is 1. The summed E-state index contributed by atoms with van der Waals surface area (Å²) in [4.78, 5) is 1.17. The van der Waals surface area contributed by atoms with Crippen LogP contribution in [0.15, 0.2) is 39.5 Å². The van der Waals surface area contributed by atoms with Gasteiger partial charge in [-0.15, -0.1) is 21.5 Å². The molecule has 108 valence electrons. The quantitative estimate of drug-likeness (QED) is 0.677. The Labute approximate surface area is 139 Å². The lowest BCUT2D eigenvalue weighted by atomic mass is 10.1. The molecule has 0 aliphatic rings. The third-order valence-corrected chi connectivity index (χ3v) is 5.46. The molecule has 0 radical (unpaired) electrons. The van der Waals surface area contributed by atoms with Gasteiger partial charge in [-0.25, -0.2) is 0 Å². The molecule has 0 aliphatic heterocycles. The molecule has 2 heterocycles. The molecule has 0 fully saturated rings. The minimum absolute atomic E-state index is 0.526. The van der Waals surface area contributed by atoms with Crippen molar-refractivity contribution in [3.63, 3.8) is 0 Å². The first-order valence-corrected chi connectivity index (χ1v) is 8.17. The molecule has 0 bridgehead atoms. The van der Waals surface area contributed by atoms with Gasteiger partial charge in [-0.05, 0) is 52.7 Å². The number of nitrogens with zero attached hydrogens (tertiary/aromatic N) is 2. The second kappa shape index (κ2) is 6.17. The number of aromatic nitrogens is 2. The standard InChI is InChI=1S/C14H11BrClN3OS/c1-8-4-9(14-19-18-7-20-14)2-3-12(8)17-6-10-5-11(15)13(16)21-10/h2-5,7,17H,6H2,1H3. The average Bonchev–Trinajstić information content (AvgIpc) is 3.08. The van der Waals surface area contributed by atoms with Gasteiger partial charge in [-0.2, -0.15) is 0 Å². The van der Waals surface area contributed by atoms with E-state index in [0.29, 0.717) is 5.89 Å². The molecule has 0 atom stereocenters. The topological polar surface area (TPSA) is 51.0 Å². The molecule has 4 nitrogen and oxygen atoms in total. The fourth-order valence-electron chi connectivity index (χ4n) is 1.95. The van der Waals surface area contributed by atoms with Gasteiger partial charge in [0.25, 0.3) is 0 Å². The van der Waals surface area contributed by atoms with Crippen LogP contribution in [-0.2, 0) is 6.54 Å². The summed E-state index contributed by atoms with van der Waals surface area (Å²) in [5, 5.41) is 11.0. The van der Waals surface area contributed by atoms with Crippen LogP contribution in [0.25, 0.3) is 11.5 Å². The van der Waals surface area contributed by atoms with Crippen LogP contribution in [0.5, 0.6) is 0 Å². The van der Waals surface area contributed by atoms with Gasteiger partial charge in [0.15, 0.2) is 0 Å². The highest BCUT2D eigenvalue weighted by atomic mass is 79.9. The van der Waals surface area contributed by atoms with E-state index in [9.17, 15) is 0 Å². The Morgan fingerprint density at radius 3 is 2.86 bits per heavy atom. The van der Waals surface area contributed by atoms with Crippen LogP contribution in [-0.4, -0.2) is 10.2 Å². The first-order valence-electron chi connectivity index (χ1n) is 6.18. The lowest BCUT2D eigenvalue weighted by Gasteiger charge is -2.09. The molecule has 2 aromatic heterocycles. The van der Waals surface area contributed by atoms with Crippen LogP contribution in [0.4, 0.5) is 5.69 Å². The molecule has 3 aromatic rings. The third kappa shape index (κ3) is 3.28. The number of anilines is 1. The highest BCUT2D eigenvalue weighted by Crippen LogP contribution is 2.32. The lowest BCUT2D eigenvalue weighted by molar-refractivity contribution is 0.568. The van der Waals surface area contributed by atoms with E-state index in [2.05, 4.69) is 31.4 Å². The maximum atomic E-state index is 6.04. The average molecular weight is 385 g/mol. The van der Waals surface area contributed by atoms with Crippen molar-refractivity contribution in [2.24, 2.45) is 0 Å². The lowest BCUT2D eigenvalue weighted by Crippen LogP contribution is -1.99. The molecule has 1 N–H and O–H groups in total. The van der Waals surface area contributed by atoms with Crippen LogP contribution in [0.3, 0.4) is 0 Å². The minimum atomic E-state index is 0.526. The zero-order chi connectivity index (χ0) is 14.8. The van der Waals surface area contributed by atoms with Crippen molar-refractivity contribution in [3.8, 4) is 11.5 Å². The number of benzene rings is 1. The SMILES string of the molecule is Cc1cc(-c2nnco2)ccc1NCc1cc(Br)c(Cl)s1. The first-order chi connectivity index (χ1) is 10.1. The zero-order valence-electron chi connectivity index (χ0n) is 11.1. The fraction of sp³-hybridized carbons (Fsp3) is 0.143. The third-order valence-electron chi connectivity index (χ3n) is 2.98. The van der Waals surface area contributed by atoms with Gasteiger partial charge in [0.2, 0.25) is 12.3 Å². The van der Waals surface area contributed by atoms with Crippen molar-refractivity contribution in [2.45, 2.75) is 13.5 Å². The van der Waals surface area contributed by atoms with Crippen LogP contribution in [0.2, 0.25) is 4.34 Å². The summed E-state index contributed by atoms with van der Waals surface area (Å²) in [6.45, 7) is 2.77. The molecule has 0 unspecified atom stereocenters. The Kier molecular flexibility index (Phi) is 4.28. The minimum Gasteiger partial charge on any atom is -0.423 e. The van der Waals surface area contributed by atoms with E-state index in [1.165, 1.54) is 11.3 Å². The molecule has 0 saturated heterocycles. The van der Waals surface area contributed by atoms with E-state index in [4.69, 9.17) is 16.0 Å². The van der Waals surface area contributed by atoms with Gasteiger partial charge in [-0.3, -0.25) is 0 Å². The molecule has 7 heteroatoms. The smallest absolute Gasteiger partial charge is 0.247 e. The summed E-state index contributed by atoms with van der Waals surface area (Å²) in [7, 11) is 0. The van der Waals surface area contributed by atoms with Crippen molar-refractivity contribution in [1.82, 2.24) is 10.2 Å². The molecule has 0 spiro atoms. The number of hydrogen-bond donors (Lipinski definition) is 1. The van der Waals surface area contributed by atoms with Gasteiger partial charge < -0.3 is 9.73 Å². The van der Waals surface area contributed by atoms with Crippen LogP contribution in [0, 0.1) is 6.92 Å². The number of rotatable bonds is 4. The van der Waals surface area contributed by atoms with Gasteiger partial charge in [-0.1, -0.05) is 11.6 Å². The normalized spacial score (nSPS) is 10.8. The van der Waals surface area contributed by atoms with E-state index in [1.807, 2.05) is 31.2 Å². The van der Waals surface area contributed by atoms with Crippen LogP contribution in [0.1, 0.15) is 10.4 Å². The van der Waals surface area contributed by atoms with E-state index in [-0.39, 0.29) is 0 Å². The largest absolute Gasteiger partial charge is 0.423 e. The Morgan fingerprint density at radius 2 is 2.24 bits per heavy atom. The second-order valence-corrected chi connectivity index (χ2v) is 7.05. The van der Waals surface area contributed by atoms with Crippen molar-refractivity contribution < 1.29 is 4.42 Å².